The van der Waals surface area contributed by atoms with E-state index in [9.17, 15) is 4.79 Å². The van der Waals surface area contributed by atoms with Gasteiger partial charge in [0.25, 0.3) is 0 Å². The number of carbonyl (C=O) groups excluding carboxylic acids is 1. The van der Waals surface area contributed by atoms with Crippen molar-refractivity contribution in [2.45, 2.75) is 22.1 Å². The van der Waals surface area contributed by atoms with Crippen LogP contribution in [0.25, 0.3) is 0 Å². The van der Waals surface area contributed by atoms with Gasteiger partial charge in [0.2, 0.25) is 0 Å². The van der Waals surface area contributed by atoms with Gasteiger partial charge in [-0.15, -0.1) is 23.2 Å². The first-order valence-electron chi connectivity index (χ1n) is 7.19. The van der Waals surface area contributed by atoms with Crippen LogP contribution in [0, 0.1) is 0 Å². The normalized spacial score (nSPS) is 31.3. The van der Waals surface area contributed by atoms with Gasteiger partial charge in [-0.25, -0.2) is 0 Å². The Bertz CT molecular complexity index is 724. The minimum atomic E-state index is -1.04. The van der Waals surface area contributed by atoms with E-state index in [0.29, 0.717) is 0 Å². The molecule has 0 radical (unpaired) electrons. The molecule has 22 heavy (non-hydrogen) atoms. The Morgan fingerprint density at radius 3 is 2.00 bits per heavy atom. The number of hydrogen-bond donors (Lipinski definition) is 0. The van der Waals surface area contributed by atoms with Crippen LogP contribution in [-0.2, 0) is 14.9 Å². The molecule has 2 aromatic carbocycles. The zero-order valence-corrected chi connectivity index (χ0v) is 13.4. The largest absolute Gasteiger partial charge is 0.468 e. The minimum Gasteiger partial charge on any atom is -0.468 e. The molecule has 0 heterocycles. The molecular weight excluding hydrogens is 319 g/mol. The Morgan fingerprint density at radius 1 is 1.00 bits per heavy atom. The van der Waals surface area contributed by atoms with Crippen LogP contribution in [0.5, 0.6) is 0 Å². The fraction of sp³-hybridized carbons (Fsp3) is 0.278. The van der Waals surface area contributed by atoms with Gasteiger partial charge in [0.1, 0.15) is 5.41 Å². The summed E-state index contributed by atoms with van der Waals surface area (Å²) in [6.45, 7) is 0. The molecular formula is C18H14Cl2O2. The van der Waals surface area contributed by atoms with Gasteiger partial charge in [-0.05, 0) is 22.3 Å². The number of rotatable bonds is 1. The summed E-state index contributed by atoms with van der Waals surface area (Å²) in [4.78, 5) is 12.9. The standard InChI is InChI=1S/C18H14Cl2O2/c1-22-17(21)18-12-8-4-2-6-10(12)14(15(19)16(18)20)11-7-3-5-9-13(11)18/h2-9,14-16H,1H3/t14?,15-,16+,18?/m0/s1. The SMILES string of the molecule is COC(=O)C12c3ccccc3C(c3ccccc31)[C@H](Cl)[C@H]2Cl. The maximum atomic E-state index is 12.9. The number of alkyl halides is 2. The summed E-state index contributed by atoms with van der Waals surface area (Å²) in [5, 5.41) is -0.901. The van der Waals surface area contributed by atoms with Crippen molar-refractivity contribution >= 4 is 29.2 Å². The Hall–Kier alpha value is -1.51. The van der Waals surface area contributed by atoms with Crippen molar-refractivity contribution in [2.75, 3.05) is 7.11 Å². The number of halogens is 2. The quantitative estimate of drug-likeness (QED) is 0.586. The second-order valence-corrected chi connectivity index (χ2v) is 6.77. The predicted octanol–water partition coefficient (Wildman–Crippen LogP) is 3.82. The summed E-state index contributed by atoms with van der Waals surface area (Å²) in [7, 11) is 1.40. The lowest BCUT2D eigenvalue weighted by Gasteiger charge is -2.52. The lowest BCUT2D eigenvalue weighted by atomic mass is 9.54. The molecule has 5 rings (SSSR count). The van der Waals surface area contributed by atoms with Gasteiger partial charge >= 0.3 is 5.97 Å². The van der Waals surface area contributed by atoms with Gasteiger partial charge in [-0.3, -0.25) is 4.79 Å². The molecule has 0 saturated heterocycles. The van der Waals surface area contributed by atoms with Crippen molar-refractivity contribution in [3.05, 3.63) is 70.8 Å². The summed E-state index contributed by atoms with van der Waals surface area (Å²) in [6.07, 6.45) is 0. The smallest absolute Gasteiger partial charge is 0.322 e. The molecule has 2 aromatic rings. The summed E-state index contributed by atoms with van der Waals surface area (Å²) < 4.78 is 5.16. The lowest BCUT2D eigenvalue weighted by molar-refractivity contribution is -0.146. The molecule has 0 unspecified atom stereocenters. The Morgan fingerprint density at radius 2 is 1.50 bits per heavy atom. The van der Waals surface area contributed by atoms with Gasteiger partial charge in [-0.1, -0.05) is 48.5 Å². The zero-order valence-electron chi connectivity index (χ0n) is 11.9. The van der Waals surface area contributed by atoms with E-state index in [0.717, 1.165) is 22.3 Å². The van der Waals surface area contributed by atoms with Crippen molar-refractivity contribution in [2.24, 2.45) is 0 Å². The molecule has 4 heteroatoms. The third-order valence-electron chi connectivity index (χ3n) is 4.96. The molecule has 2 nitrogen and oxygen atoms in total. The van der Waals surface area contributed by atoms with Gasteiger partial charge < -0.3 is 4.74 Å². The average Bonchev–Trinajstić information content (AvgIpc) is 2.57. The summed E-state index contributed by atoms with van der Waals surface area (Å²) in [5.41, 5.74) is 2.95. The van der Waals surface area contributed by atoms with Crippen LogP contribution in [0.15, 0.2) is 48.5 Å². The maximum absolute atomic E-state index is 12.9. The Kier molecular flexibility index (Phi) is 3.04. The third-order valence-corrected chi connectivity index (χ3v) is 6.19. The minimum absolute atomic E-state index is 0.00287. The second kappa shape index (κ2) is 4.74. The van der Waals surface area contributed by atoms with Crippen molar-refractivity contribution in [3.8, 4) is 0 Å². The highest BCUT2D eigenvalue weighted by Crippen LogP contribution is 2.59. The number of ether oxygens (including phenoxy) is 1. The van der Waals surface area contributed by atoms with Crippen molar-refractivity contribution in [3.63, 3.8) is 0 Å². The summed E-state index contributed by atoms with van der Waals surface area (Å²) in [6, 6.07) is 15.8. The first kappa shape index (κ1) is 14.1. The lowest BCUT2D eigenvalue weighted by Crippen LogP contribution is -2.58. The maximum Gasteiger partial charge on any atom is 0.322 e. The van der Waals surface area contributed by atoms with E-state index in [1.165, 1.54) is 7.11 Å². The molecule has 3 aliphatic carbocycles. The van der Waals surface area contributed by atoms with Crippen LogP contribution in [0.1, 0.15) is 28.2 Å². The fourth-order valence-corrected chi connectivity index (χ4v) is 5.04. The molecule has 3 aliphatic rings. The van der Waals surface area contributed by atoms with Gasteiger partial charge in [0, 0.05) is 5.92 Å². The van der Waals surface area contributed by atoms with E-state index >= 15 is 0 Å². The van der Waals surface area contributed by atoms with Gasteiger partial charge in [0.05, 0.1) is 17.9 Å². The predicted molar refractivity (Wildman–Crippen MR) is 86.8 cm³/mol. The van der Waals surface area contributed by atoms with E-state index in [1.807, 2.05) is 48.5 Å². The van der Waals surface area contributed by atoms with Crippen molar-refractivity contribution in [1.29, 1.82) is 0 Å². The van der Waals surface area contributed by atoms with Gasteiger partial charge in [-0.2, -0.15) is 0 Å². The van der Waals surface area contributed by atoms with E-state index in [-0.39, 0.29) is 17.3 Å². The number of esters is 1. The van der Waals surface area contributed by atoms with E-state index < -0.39 is 10.8 Å². The molecule has 0 saturated carbocycles. The highest BCUT2D eigenvalue weighted by Gasteiger charge is 2.62. The number of methoxy groups -OCH3 is 1. The zero-order chi connectivity index (χ0) is 15.5. The molecule has 112 valence electrons. The number of hydrogen-bond acceptors (Lipinski definition) is 2. The molecule has 0 aromatic heterocycles. The Balaban J connectivity index is 2.16. The molecule has 2 atom stereocenters. The molecule has 0 spiro atoms. The van der Waals surface area contributed by atoms with E-state index in [2.05, 4.69) is 0 Å². The monoisotopic (exact) mass is 332 g/mol. The van der Waals surface area contributed by atoms with Crippen LogP contribution < -0.4 is 0 Å². The van der Waals surface area contributed by atoms with Crippen LogP contribution in [-0.4, -0.2) is 23.8 Å². The van der Waals surface area contributed by atoms with Crippen LogP contribution in [0.2, 0.25) is 0 Å². The number of fused-ring (bicyclic) bond motifs is 1. The van der Waals surface area contributed by atoms with Crippen LogP contribution in [0.3, 0.4) is 0 Å². The molecule has 0 aliphatic heterocycles. The summed E-state index contributed by atoms with van der Waals surface area (Å²) >= 11 is 13.4. The van der Waals surface area contributed by atoms with E-state index in [4.69, 9.17) is 27.9 Å². The first-order valence-corrected chi connectivity index (χ1v) is 8.06. The highest BCUT2D eigenvalue weighted by atomic mass is 35.5. The molecule has 0 N–H and O–H groups in total. The number of benzene rings is 2. The topological polar surface area (TPSA) is 26.3 Å². The average molecular weight is 333 g/mol. The second-order valence-electron chi connectivity index (χ2n) is 5.80. The highest BCUT2D eigenvalue weighted by molar-refractivity contribution is 6.33. The van der Waals surface area contributed by atoms with E-state index in [1.54, 1.807) is 0 Å². The van der Waals surface area contributed by atoms with Crippen LogP contribution in [0.4, 0.5) is 0 Å². The molecule has 0 amide bonds. The summed E-state index contributed by atoms with van der Waals surface area (Å²) in [5.74, 6) is -0.348. The van der Waals surface area contributed by atoms with Crippen molar-refractivity contribution < 1.29 is 9.53 Å². The van der Waals surface area contributed by atoms with Gasteiger partial charge in [0.15, 0.2) is 0 Å². The van der Waals surface area contributed by atoms with Crippen molar-refractivity contribution in [1.82, 2.24) is 0 Å². The molecule has 0 fully saturated rings. The molecule has 2 bridgehead atoms. The number of carbonyl (C=O) groups is 1. The third kappa shape index (κ3) is 1.45. The Labute approximate surface area is 139 Å². The van der Waals surface area contributed by atoms with Crippen LogP contribution >= 0.6 is 23.2 Å². The fourth-order valence-electron chi connectivity index (χ4n) is 4.11. The first-order chi connectivity index (χ1) is 10.6.